The van der Waals surface area contributed by atoms with Gasteiger partial charge in [-0.15, -0.1) is 5.10 Å². The minimum Gasteiger partial charge on any atom is -0.354 e. The molecule has 0 bridgehead atoms. The van der Waals surface area contributed by atoms with Crippen molar-refractivity contribution < 1.29 is 0 Å². The van der Waals surface area contributed by atoms with Gasteiger partial charge >= 0.3 is 0 Å². The average Bonchev–Trinajstić information content (AvgIpc) is 2.66. The molecule has 0 unspecified atom stereocenters. The highest BCUT2D eigenvalue weighted by molar-refractivity contribution is 7.99. The number of nitrogens with one attached hydrogen (secondary N) is 1. The summed E-state index contributed by atoms with van der Waals surface area (Å²) in [6.45, 7) is 7.25. The van der Waals surface area contributed by atoms with Crippen LogP contribution in [0.15, 0.2) is 12.1 Å². The summed E-state index contributed by atoms with van der Waals surface area (Å²) in [5.74, 6) is 3.48. The molecule has 1 saturated heterocycles. The standard InChI is InChI=1S/C13H22N4S/c1-11(2)14-10-12-4-5-13(16-15-12)17-6-3-8-18-9-7-17/h4-5,11,14H,3,6-10H2,1-2H3. The first-order valence-electron chi connectivity index (χ1n) is 6.64. The predicted molar refractivity (Wildman–Crippen MR) is 78.2 cm³/mol. The summed E-state index contributed by atoms with van der Waals surface area (Å²) < 4.78 is 0. The van der Waals surface area contributed by atoms with E-state index in [2.05, 4.69) is 46.4 Å². The molecule has 18 heavy (non-hydrogen) atoms. The number of nitrogens with zero attached hydrogens (tertiary/aromatic N) is 3. The van der Waals surface area contributed by atoms with Crippen molar-refractivity contribution in [2.75, 3.05) is 29.5 Å². The fraction of sp³-hybridized carbons (Fsp3) is 0.692. The van der Waals surface area contributed by atoms with Crippen LogP contribution >= 0.6 is 11.8 Å². The van der Waals surface area contributed by atoms with E-state index in [0.717, 1.165) is 31.1 Å². The predicted octanol–water partition coefficient (Wildman–Crippen LogP) is 1.92. The second kappa shape index (κ2) is 6.95. The van der Waals surface area contributed by atoms with E-state index in [0.29, 0.717) is 6.04 Å². The minimum absolute atomic E-state index is 0.481. The molecule has 0 aromatic carbocycles. The Hall–Kier alpha value is -0.810. The Balaban J connectivity index is 1.93. The Morgan fingerprint density at radius 2 is 2.17 bits per heavy atom. The minimum atomic E-state index is 0.481. The molecule has 1 aliphatic heterocycles. The molecule has 0 radical (unpaired) electrons. The van der Waals surface area contributed by atoms with E-state index in [1.807, 2.05) is 11.8 Å². The van der Waals surface area contributed by atoms with Crippen LogP contribution in [0.3, 0.4) is 0 Å². The van der Waals surface area contributed by atoms with Crippen molar-refractivity contribution in [2.24, 2.45) is 0 Å². The summed E-state index contributed by atoms with van der Waals surface area (Å²) in [6.07, 6.45) is 1.24. The van der Waals surface area contributed by atoms with Crippen LogP contribution < -0.4 is 10.2 Å². The maximum atomic E-state index is 4.35. The maximum absolute atomic E-state index is 4.35. The van der Waals surface area contributed by atoms with Gasteiger partial charge < -0.3 is 10.2 Å². The fourth-order valence-electron chi connectivity index (χ4n) is 1.90. The second-order valence-electron chi connectivity index (χ2n) is 4.87. The third-order valence-corrected chi connectivity index (χ3v) is 3.99. The molecule has 2 rings (SSSR count). The number of aromatic nitrogens is 2. The highest BCUT2D eigenvalue weighted by atomic mass is 32.2. The van der Waals surface area contributed by atoms with Crippen molar-refractivity contribution in [3.8, 4) is 0 Å². The van der Waals surface area contributed by atoms with Gasteiger partial charge in [0.05, 0.1) is 5.69 Å². The Morgan fingerprint density at radius 1 is 1.28 bits per heavy atom. The van der Waals surface area contributed by atoms with Gasteiger partial charge in [-0.25, -0.2) is 0 Å². The van der Waals surface area contributed by atoms with Gasteiger partial charge in [0.2, 0.25) is 0 Å². The number of hydrogen-bond donors (Lipinski definition) is 1. The van der Waals surface area contributed by atoms with E-state index in [9.17, 15) is 0 Å². The van der Waals surface area contributed by atoms with Crippen molar-refractivity contribution in [3.63, 3.8) is 0 Å². The Labute approximate surface area is 114 Å². The highest BCUT2D eigenvalue weighted by Gasteiger charge is 2.11. The first-order valence-corrected chi connectivity index (χ1v) is 7.80. The molecule has 1 aromatic heterocycles. The largest absolute Gasteiger partial charge is 0.354 e. The highest BCUT2D eigenvalue weighted by Crippen LogP contribution is 2.16. The molecule has 2 heterocycles. The van der Waals surface area contributed by atoms with Crippen molar-refractivity contribution in [1.82, 2.24) is 15.5 Å². The van der Waals surface area contributed by atoms with Gasteiger partial charge in [-0.05, 0) is 24.3 Å². The van der Waals surface area contributed by atoms with E-state index in [1.165, 1.54) is 17.9 Å². The third kappa shape index (κ3) is 4.14. The summed E-state index contributed by atoms with van der Waals surface area (Å²) in [4.78, 5) is 2.34. The molecule has 0 atom stereocenters. The van der Waals surface area contributed by atoms with Crippen LogP contribution in [0, 0.1) is 0 Å². The van der Waals surface area contributed by atoms with E-state index < -0.39 is 0 Å². The number of thioether (sulfide) groups is 1. The lowest BCUT2D eigenvalue weighted by Gasteiger charge is -2.20. The second-order valence-corrected chi connectivity index (χ2v) is 6.10. The Morgan fingerprint density at radius 3 is 2.89 bits per heavy atom. The van der Waals surface area contributed by atoms with Crippen molar-refractivity contribution in [2.45, 2.75) is 32.9 Å². The molecule has 1 aromatic rings. The first kappa shape index (κ1) is 13.6. The summed E-state index contributed by atoms with van der Waals surface area (Å²) in [5.41, 5.74) is 1.01. The first-order chi connectivity index (χ1) is 8.75. The van der Waals surface area contributed by atoms with E-state index in [1.54, 1.807) is 0 Å². The molecule has 1 N–H and O–H groups in total. The average molecular weight is 266 g/mol. The lowest BCUT2D eigenvalue weighted by atomic mass is 10.3. The van der Waals surface area contributed by atoms with Crippen molar-refractivity contribution >= 4 is 17.6 Å². The van der Waals surface area contributed by atoms with Crippen LogP contribution in [-0.4, -0.2) is 40.8 Å². The molecule has 0 amide bonds. The fourth-order valence-corrected chi connectivity index (χ4v) is 2.79. The topological polar surface area (TPSA) is 41.0 Å². The number of anilines is 1. The Bertz CT molecular complexity index is 345. The molecule has 0 spiro atoms. The van der Waals surface area contributed by atoms with Crippen molar-refractivity contribution in [1.29, 1.82) is 0 Å². The van der Waals surface area contributed by atoms with Gasteiger partial charge in [-0.1, -0.05) is 13.8 Å². The van der Waals surface area contributed by atoms with E-state index in [-0.39, 0.29) is 0 Å². The van der Waals surface area contributed by atoms with Crippen LogP contribution in [0.25, 0.3) is 0 Å². The maximum Gasteiger partial charge on any atom is 0.151 e. The molecule has 0 saturated carbocycles. The molecule has 1 fully saturated rings. The monoisotopic (exact) mass is 266 g/mol. The zero-order valence-electron chi connectivity index (χ0n) is 11.2. The van der Waals surface area contributed by atoms with Crippen LogP contribution in [0.4, 0.5) is 5.82 Å². The number of hydrogen-bond acceptors (Lipinski definition) is 5. The lowest BCUT2D eigenvalue weighted by Crippen LogP contribution is -2.27. The third-order valence-electron chi connectivity index (χ3n) is 2.94. The molecule has 5 heteroatoms. The van der Waals surface area contributed by atoms with Crippen molar-refractivity contribution in [3.05, 3.63) is 17.8 Å². The van der Waals surface area contributed by atoms with Crippen LogP contribution in [0.1, 0.15) is 26.0 Å². The van der Waals surface area contributed by atoms with Gasteiger partial charge in [-0.2, -0.15) is 16.9 Å². The normalized spacial score (nSPS) is 16.9. The molecular weight excluding hydrogens is 244 g/mol. The molecule has 1 aliphatic rings. The molecule has 100 valence electrons. The van der Waals surface area contributed by atoms with Crippen LogP contribution in [0.2, 0.25) is 0 Å². The van der Waals surface area contributed by atoms with Crippen LogP contribution in [-0.2, 0) is 6.54 Å². The molecule has 4 nitrogen and oxygen atoms in total. The number of rotatable bonds is 4. The van der Waals surface area contributed by atoms with Gasteiger partial charge in [0.25, 0.3) is 0 Å². The van der Waals surface area contributed by atoms with Gasteiger partial charge in [0, 0.05) is 31.4 Å². The summed E-state index contributed by atoms with van der Waals surface area (Å²) >= 11 is 2.03. The quantitative estimate of drug-likeness (QED) is 0.901. The smallest absolute Gasteiger partial charge is 0.151 e. The van der Waals surface area contributed by atoms with E-state index in [4.69, 9.17) is 0 Å². The molecule has 0 aliphatic carbocycles. The summed E-state index contributed by atoms with van der Waals surface area (Å²) in [7, 11) is 0. The SMILES string of the molecule is CC(C)NCc1ccc(N2CCCSCC2)nn1. The Kier molecular flexibility index (Phi) is 5.26. The van der Waals surface area contributed by atoms with Gasteiger partial charge in [0.1, 0.15) is 0 Å². The summed E-state index contributed by atoms with van der Waals surface area (Å²) in [6, 6.07) is 4.66. The lowest BCUT2D eigenvalue weighted by molar-refractivity contribution is 0.577. The zero-order valence-corrected chi connectivity index (χ0v) is 12.0. The van der Waals surface area contributed by atoms with Gasteiger partial charge in [-0.3, -0.25) is 0 Å². The van der Waals surface area contributed by atoms with E-state index >= 15 is 0 Å². The summed E-state index contributed by atoms with van der Waals surface area (Å²) in [5, 5.41) is 12.0. The van der Waals surface area contributed by atoms with Crippen LogP contribution in [0.5, 0.6) is 0 Å². The zero-order chi connectivity index (χ0) is 12.8. The molecular formula is C13H22N4S. The van der Waals surface area contributed by atoms with Gasteiger partial charge in [0.15, 0.2) is 5.82 Å².